The van der Waals surface area contributed by atoms with Gasteiger partial charge >= 0.3 is 0 Å². The molecule has 6 heteroatoms. The summed E-state index contributed by atoms with van der Waals surface area (Å²) in [5.74, 6) is 0.840. The Morgan fingerprint density at radius 3 is 2.65 bits per heavy atom. The van der Waals surface area contributed by atoms with Crippen molar-refractivity contribution in [2.75, 3.05) is 5.43 Å². The van der Waals surface area contributed by atoms with Gasteiger partial charge < -0.3 is 0 Å². The number of hydrogen-bond donors (Lipinski definition) is 2. The second-order valence-electron chi connectivity index (χ2n) is 5.96. The third-order valence-corrected chi connectivity index (χ3v) is 4.19. The zero-order chi connectivity index (χ0) is 18.5. The first-order chi connectivity index (χ1) is 12.6. The molecule has 0 aliphatic carbocycles. The molecule has 0 aliphatic rings. The summed E-state index contributed by atoms with van der Waals surface area (Å²) in [6.45, 7) is 5.93. The van der Waals surface area contributed by atoms with Gasteiger partial charge in [0.25, 0.3) is 5.91 Å². The highest BCUT2D eigenvalue weighted by atomic mass is 16.2. The van der Waals surface area contributed by atoms with Crippen LogP contribution in [0.2, 0.25) is 0 Å². The second-order valence-corrected chi connectivity index (χ2v) is 5.96. The standard InChI is InChI=1S/C20H21N5O/c1-4-15-12-18(23-19(22-15)17-10-5-6-11-21-17)24-25-20(26)16-9-7-8-13(2)14(16)3/h5-12H,4H2,1-3H3,(H,25,26)(H,22,23,24). The van der Waals surface area contributed by atoms with Crippen molar-refractivity contribution in [1.82, 2.24) is 20.4 Å². The largest absolute Gasteiger partial charge is 0.281 e. The molecule has 26 heavy (non-hydrogen) atoms. The summed E-state index contributed by atoms with van der Waals surface area (Å²) in [6.07, 6.45) is 2.45. The maximum absolute atomic E-state index is 12.5. The van der Waals surface area contributed by atoms with Crippen LogP contribution in [0.1, 0.15) is 34.1 Å². The Kier molecular flexibility index (Phi) is 5.22. The third kappa shape index (κ3) is 3.85. The Bertz CT molecular complexity index is 925. The number of pyridine rings is 1. The van der Waals surface area contributed by atoms with E-state index in [-0.39, 0.29) is 5.91 Å². The number of rotatable bonds is 5. The molecule has 3 aromatic rings. The predicted octanol–water partition coefficient (Wildman–Crippen LogP) is 3.47. The first-order valence-electron chi connectivity index (χ1n) is 8.50. The van der Waals surface area contributed by atoms with Gasteiger partial charge in [-0.2, -0.15) is 0 Å². The summed E-state index contributed by atoms with van der Waals surface area (Å²) in [7, 11) is 0. The van der Waals surface area contributed by atoms with Crippen molar-refractivity contribution in [2.24, 2.45) is 0 Å². The fourth-order valence-corrected chi connectivity index (χ4v) is 2.54. The smallest absolute Gasteiger partial charge is 0.269 e. The highest BCUT2D eigenvalue weighted by Gasteiger charge is 2.11. The lowest BCUT2D eigenvalue weighted by molar-refractivity contribution is 0.0961. The molecule has 0 bridgehead atoms. The Morgan fingerprint density at radius 1 is 1.08 bits per heavy atom. The first kappa shape index (κ1) is 17.5. The van der Waals surface area contributed by atoms with Gasteiger partial charge in [-0.25, -0.2) is 9.97 Å². The molecule has 6 nitrogen and oxygen atoms in total. The minimum Gasteiger partial charge on any atom is -0.281 e. The Labute approximate surface area is 152 Å². The lowest BCUT2D eigenvalue weighted by atomic mass is 10.0. The molecule has 1 aromatic carbocycles. The lowest BCUT2D eigenvalue weighted by Crippen LogP contribution is -2.30. The highest BCUT2D eigenvalue weighted by molar-refractivity contribution is 5.96. The van der Waals surface area contributed by atoms with Crippen LogP contribution in [0.3, 0.4) is 0 Å². The van der Waals surface area contributed by atoms with Gasteiger partial charge in [0.05, 0.1) is 0 Å². The van der Waals surface area contributed by atoms with Gasteiger partial charge in [0.2, 0.25) is 0 Å². The molecule has 1 amide bonds. The average molecular weight is 347 g/mol. The molecule has 132 valence electrons. The number of hydrazine groups is 1. The number of nitrogens with zero attached hydrogens (tertiary/aromatic N) is 3. The van der Waals surface area contributed by atoms with Gasteiger partial charge in [-0.1, -0.05) is 25.1 Å². The van der Waals surface area contributed by atoms with Crippen LogP contribution in [0.25, 0.3) is 11.5 Å². The normalized spacial score (nSPS) is 10.4. The first-order valence-corrected chi connectivity index (χ1v) is 8.50. The lowest BCUT2D eigenvalue weighted by Gasteiger charge is -2.12. The van der Waals surface area contributed by atoms with Gasteiger partial charge in [0, 0.05) is 23.5 Å². The second kappa shape index (κ2) is 7.74. The summed E-state index contributed by atoms with van der Waals surface area (Å²) in [6, 6.07) is 13.1. The monoisotopic (exact) mass is 347 g/mol. The molecule has 2 aromatic heterocycles. The van der Waals surface area contributed by atoms with Crippen molar-refractivity contribution in [3.05, 3.63) is 71.0 Å². The number of amides is 1. The van der Waals surface area contributed by atoms with Gasteiger partial charge in [0.15, 0.2) is 5.82 Å². The van der Waals surface area contributed by atoms with E-state index in [2.05, 4.69) is 25.8 Å². The fraction of sp³-hybridized carbons (Fsp3) is 0.200. The number of aromatic nitrogens is 3. The minimum atomic E-state index is -0.206. The van der Waals surface area contributed by atoms with E-state index in [1.54, 1.807) is 12.3 Å². The van der Waals surface area contributed by atoms with Crippen LogP contribution in [0, 0.1) is 13.8 Å². The van der Waals surface area contributed by atoms with Gasteiger partial charge in [-0.3, -0.25) is 20.6 Å². The van der Waals surface area contributed by atoms with E-state index in [1.807, 2.05) is 57.2 Å². The van der Waals surface area contributed by atoms with Crippen LogP contribution in [0.5, 0.6) is 0 Å². The fourth-order valence-electron chi connectivity index (χ4n) is 2.54. The Morgan fingerprint density at radius 2 is 1.92 bits per heavy atom. The zero-order valence-electron chi connectivity index (χ0n) is 15.1. The van der Waals surface area contributed by atoms with Gasteiger partial charge in [-0.15, -0.1) is 0 Å². The molecule has 2 heterocycles. The summed E-state index contributed by atoms with van der Waals surface area (Å²) >= 11 is 0. The molecule has 0 fully saturated rings. The Hall–Kier alpha value is -3.28. The van der Waals surface area contributed by atoms with Crippen LogP contribution in [0.4, 0.5) is 5.82 Å². The summed E-state index contributed by atoms with van der Waals surface area (Å²) in [4.78, 5) is 25.7. The van der Waals surface area contributed by atoms with Crippen molar-refractivity contribution < 1.29 is 4.79 Å². The van der Waals surface area contributed by atoms with E-state index in [9.17, 15) is 4.79 Å². The van der Waals surface area contributed by atoms with Crippen LogP contribution >= 0.6 is 0 Å². The van der Waals surface area contributed by atoms with Crippen molar-refractivity contribution in [2.45, 2.75) is 27.2 Å². The third-order valence-electron chi connectivity index (χ3n) is 4.19. The van der Waals surface area contributed by atoms with Crippen LogP contribution in [-0.2, 0) is 6.42 Å². The van der Waals surface area contributed by atoms with Crippen LogP contribution in [0.15, 0.2) is 48.7 Å². The molecule has 0 saturated heterocycles. The van der Waals surface area contributed by atoms with Crippen molar-refractivity contribution in [1.29, 1.82) is 0 Å². The van der Waals surface area contributed by atoms with Gasteiger partial charge in [0.1, 0.15) is 11.5 Å². The summed E-state index contributed by atoms with van der Waals surface area (Å²) in [5.41, 5.74) is 9.82. The highest BCUT2D eigenvalue weighted by Crippen LogP contribution is 2.16. The molecule has 0 unspecified atom stereocenters. The van der Waals surface area contributed by atoms with E-state index >= 15 is 0 Å². The topological polar surface area (TPSA) is 79.8 Å². The number of carbonyl (C=O) groups excluding carboxylic acids is 1. The maximum Gasteiger partial charge on any atom is 0.269 e. The maximum atomic E-state index is 12.5. The van der Waals surface area contributed by atoms with E-state index in [0.717, 1.165) is 23.2 Å². The van der Waals surface area contributed by atoms with Gasteiger partial charge in [-0.05, 0) is 49.6 Å². The number of benzene rings is 1. The molecule has 3 rings (SSSR count). The van der Waals surface area contributed by atoms with E-state index in [0.29, 0.717) is 22.9 Å². The van der Waals surface area contributed by atoms with Crippen LogP contribution < -0.4 is 10.9 Å². The van der Waals surface area contributed by atoms with E-state index in [4.69, 9.17) is 0 Å². The zero-order valence-corrected chi connectivity index (χ0v) is 15.1. The molecular weight excluding hydrogens is 326 g/mol. The molecular formula is C20H21N5O. The van der Waals surface area contributed by atoms with Crippen molar-refractivity contribution in [3.63, 3.8) is 0 Å². The number of nitrogens with one attached hydrogen (secondary N) is 2. The number of hydrogen-bond acceptors (Lipinski definition) is 5. The summed E-state index contributed by atoms with van der Waals surface area (Å²) in [5, 5.41) is 0. The molecule has 0 saturated carbocycles. The molecule has 0 aliphatic heterocycles. The molecule has 2 N–H and O–H groups in total. The quantitative estimate of drug-likeness (QED) is 0.691. The minimum absolute atomic E-state index is 0.206. The van der Waals surface area contributed by atoms with Crippen LogP contribution in [-0.4, -0.2) is 20.9 Å². The SMILES string of the molecule is CCc1cc(NNC(=O)c2cccc(C)c2C)nc(-c2ccccn2)n1. The van der Waals surface area contributed by atoms with E-state index in [1.165, 1.54) is 0 Å². The van der Waals surface area contributed by atoms with E-state index < -0.39 is 0 Å². The van der Waals surface area contributed by atoms with Crippen molar-refractivity contribution >= 4 is 11.7 Å². The predicted molar refractivity (Wildman–Crippen MR) is 102 cm³/mol. The number of carbonyl (C=O) groups is 1. The number of aryl methyl sites for hydroxylation is 2. The number of anilines is 1. The summed E-state index contributed by atoms with van der Waals surface area (Å²) < 4.78 is 0. The Balaban J connectivity index is 1.81. The molecule has 0 atom stereocenters. The molecule has 0 spiro atoms. The average Bonchev–Trinajstić information content (AvgIpc) is 2.68. The van der Waals surface area contributed by atoms with Crippen molar-refractivity contribution in [3.8, 4) is 11.5 Å². The molecule has 0 radical (unpaired) electrons.